The molecular weight excluding hydrogens is 452 g/mol. The molecule has 0 fully saturated rings. The zero-order valence-electron chi connectivity index (χ0n) is 19.0. The molecule has 1 N–H and O–H groups in total. The van der Waals surface area contributed by atoms with Crippen LogP contribution < -0.4 is 15.0 Å². The fourth-order valence-electron chi connectivity index (χ4n) is 5.31. The van der Waals surface area contributed by atoms with Gasteiger partial charge in [-0.25, -0.2) is 9.78 Å². The molecule has 7 rings (SSSR count). The van der Waals surface area contributed by atoms with E-state index >= 15 is 0 Å². The third-order valence-electron chi connectivity index (χ3n) is 7.15. The van der Waals surface area contributed by atoms with Gasteiger partial charge in [0.15, 0.2) is 17.1 Å². The summed E-state index contributed by atoms with van der Waals surface area (Å²) in [6.45, 7) is 1.93. The van der Waals surface area contributed by atoms with Crippen LogP contribution in [0.15, 0.2) is 35.3 Å². The smallest absolute Gasteiger partial charge is 0.343 e. The molecule has 3 aliphatic rings. The number of fused-ring (bicyclic) bond motifs is 6. The summed E-state index contributed by atoms with van der Waals surface area (Å²) in [5, 5.41) is 16.6. The fraction of sp³-hybridized carbons (Fsp3) is 0.280. The highest BCUT2D eigenvalue weighted by Crippen LogP contribution is 2.45. The second kappa shape index (κ2) is 6.70. The van der Waals surface area contributed by atoms with Gasteiger partial charge in [0.05, 0.1) is 34.7 Å². The number of cyclic esters (lactones) is 1. The molecule has 0 aliphatic carbocycles. The van der Waals surface area contributed by atoms with Gasteiger partial charge in [-0.3, -0.25) is 9.48 Å². The van der Waals surface area contributed by atoms with E-state index in [1.54, 1.807) is 22.2 Å². The monoisotopic (exact) mass is 472 g/mol. The number of pyridine rings is 2. The second-order valence-electron chi connectivity index (χ2n) is 9.01. The molecule has 4 aromatic rings. The molecular formula is C25H20N4O6. The Morgan fingerprint density at radius 2 is 1.91 bits per heavy atom. The van der Waals surface area contributed by atoms with Crippen LogP contribution in [-0.4, -0.2) is 37.2 Å². The molecule has 0 spiro atoms. The first-order valence-corrected chi connectivity index (χ1v) is 11.3. The van der Waals surface area contributed by atoms with Crippen molar-refractivity contribution in [2.45, 2.75) is 32.1 Å². The van der Waals surface area contributed by atoms with E-state index in [1.165, 1.54) is 0 Å². The van der Waals surface area contributed by atoms with Crippen molar-refractivity contribution >= 4 is 16.9 Å². The first-order chi connectivity index (χ1) is 16.9. The average molecular weight is 472 g/mol. The quantitative estimate of drug-likeness (QED) is 0.389. The molecule has 35 heavy (non-hydrogen) atoms. The lowest BCUT2D eigenvalue weighted by Crippen LogP contribution is -2.44. The van der Waals surface area contributed by atoms with E-state index < -0.39 is 11.6 Å². The lowest BCUT2D eigenvalue weighted by Gasteiger charge is -2.31. The van der Waals surface area contributed by atoms with Gasteiger partial charge in [0.1, 0.15) is 6.61 Å². The number of aliphatic hydroxyl groups is 1. The van der Waals surface area contributed by atoms with Crippen molar-refractivity contribution < 1.29 is 24.1 Å². The van der Waals surface area contributed by atoms with E-state index in [0.717, 1.165) is 22.2 Å². The van der Waals surface area contributed by atoms with E-state index in [9.17, 15) is 14.7 Å². The predicted molar refractivity (Wildman–Crippen MR) is 123 cm³/mol. The van der Waals surface area contributed by atoms with E-state index in [1.807, 2.05) is 31.4 Å². The number of carbonyl (C=O) groups is 1. The van der Waals surface area contributed by atoms with Gasteiger partial charge in [0.2, 0.25) is 6.79 Å². The van der Waals surface area contributed by atoms with Crippen LogP contribution in [0.1, 0.15) is 30.0 Å². The van der Waals surface area contributed by atoms with Crippen LogP contribution in [0.4, 0.5) is 0 Å². The van der Waals surface area contributed by atoms with E-state index in [-0.39, 0.29) is 43.1 Å². The molecule has 1 aromatic carbocycles. The maximum absolute atomic E-state index is 13.6. The van der Waals surface area contributed by atoms with E-state index in [4.69, 9.17) is 19.2 Å². The molecule has 0 bridgehead atoms. The third kappa shape index (κ3) is 2.57. The number of hydrogen-bond donors (Lipinski definition) is 1. The molecule has 0 unspecified atom stereocenters. The molecule has 1 atom stereocenters. The number of benzene rings is 1. The lowest BCUT2D eigenvalue weighted by molar-refractivity contribution is -0.172. The normalized spacial score (nSPS) is 19.5. The van der Waals surface area contributed by atoms with Gasteiger partial charge < -0.3 is 23.9 Å². The Morgan fingerprint density at radius 1 is 1.11 bits per heavy atom. The summed E-state index contributed by atoms with van der Waals surface area (Å²) in [5.41, 5.74) is 2.63. The topological polar surface area (TPSA) is 118 Å². The standard InChI is InChI=1S/C25H20N4O6/c1-3-25(32)15-7-18-22-13(9-29(18)23(30)14(15)10-33-24(25)31)21(16-4-5-28(2)27-16)12-6-19-20(35-11-34-19)8-17(12)26-22/h4-8,32H,3,9-11H2,1-2H3/t25-/m0/s1. The molecule has 0 radical (unpaired) electrons. The molecule has 10 heteroatoms. The maximum Gasteiger partial charge on any atom is 0.343 e. The molecule has 3 aliphatic heterocycles. The van der Waals surface area contributed by atoms with Crippen molar-refractivity contribution in [3.05, 3.63) is 57.5 Å². The Labute approximate surface area is 198 Å². The van der Waals surface area contributed by atoms with Gasteiger partial charge in [0, 0.05) is 41.4 Å². The molecule has 0 saturated heterocycles. The average Bonchev–Trinajstić information content (AvgIpc) is 3.57. The number of aryl methyl sites for hydroxylation is 1. The molecule has 10 nitrogen and oxygen atoms in total. The Kier molecular flexibility index (Phi) is 3.87. The zero-order valence-corrected chi connectivity index (χ0v) is 19.0. The van der Waals surface area contributed by atoms with Gasteiger partial charge >= 0.3 is 5.97 Å². The lowest BCUT2D eigenvalue weighted by atomic mass is 9.86. The van der Waals surface area contributed by atoms with Crippen LogP contribution in [0.25, 0.3) is 33.5 Å². The minimum Gasteiger partial charge on any atom is -0.458 e. The highest BCUT2D eigenvalue weighted by molar-refractivity contribution is 6.00. The minimum absolute atomic E-state index is 0.0857. The summed E-state index contributed by atoms with van der Waals surface area (Å²) in [7, 11) is 1.84. The molecule has 3 aromatic heterocycles. The number of rotatable bonds is 2. The molecule has 6 heterocycles. The molecule has 0 saturated carbocycles. The van der Waals surface area contributed by atoms with Crippen LogP contribution in [0.3, 0.4) is 0 Å². The van der Waals surface area contributed by atoms with Crippen molar-refractivity contribution in [2.75, 3.05) is 6.79 Å². The summed E-state index contributed by atoms with van der Waals surface area (Å²) in [5.74, 6) is 0.479. The van der Waals surface area contributed by atoms with Crippen molar-refractivity contribution in [3.8, 4) is 34.1 Å². The van der Waals surface area contributed by atoms with Crippen LogP contribution >= 0.6 is 0 Å². The number of esters is 1. The number of ether oxygens (including phenoxy) is 3. The highest BCUT2D eigenvalue weighted by Gasteiger charge is 2.45. The van der Waals surface area contributed by atoms with Crippen molar-refractivity contribution in [1.82, 2.24) is 19.3 Å². The first-order valence-electron chi connectivity index (χ1n) is 11.3. The number of carbonyl (C=O) groups excluding carboxylic acids is 1. The summed E-state index contributed by atoms with van der Waals surface area (Å²) < 4.78 is 19.7. The molecule has 176 valence electrons. The molecule has 0 amide bonds. The van der Waals surface area contributed by atoms with E-state index in [0.29, 0.717) is 28.4 Å². The Balaban J connectivity index is 1.56. The Morgan fingerprint density at radius 3 is 2.66 bits per heavy atom. The van der Waals surface area contributed by atoms with Crippen LogP contribution in [-0.2, 0) is 35.3 Å². The minimum atomic E-state index is -1.88. The number of hydrogen-bond acceptors (Lipinski definition) is 8. The van der Waals surface area contributed by atoms with E-state index in [2.05, 4.69) is 5.10 Å². The van der Waals surface area contributed by atoms with Gasteiger partial charge in [-0.15, -0.1) is 0 Å². The second-order valence-corrected chi connectivity index (χ2v) is 9.01. The van der Waals surface area contributed by atoms with Gasteiger partial charge in [0.25, 0.3) is 5.56 Å². The summed E-state index contributed by atoms with van der Waals surface area (Å²) >= 11 is 0. The van der Waals surface area contributed by atoms with Crippen molar-refractivity contribution in [2.24, 2.45) is 7.05 Å². The van der Waals surface area contributed by atoms with Crippen LogP contribution in [0, 0.1) is 0 Å². The van der Waals surface area contributed by atoms with Crippen LogP contribution in [0.2, 0.25) is 0 Å². The Hall–Kier alpha value is -4.18. The largest absolute Gasteiger partial charge is 0.458 e. The van der Waals surface area contributed by atoms with Gasteiger partial charge in [-0.05, 0) is 24.6 Å². The summed E-state index contributed by atoms with van der Waals surface area (Å²) in [6.07, 6.45) is 1.95. The highest BCUT2D eigenvalue weighted by atomic mass is 16.7. The third-order valence-corrected chi connectivity index (χ3v) is 7.15. The fourth-order valence-corrected chi connectivity index (χ4v) is 5.31. The number of nitrogens with zero attached hydrogens (tertiary/aromatic N) is 4. The number of aromatic nitrogens is 4. The maximum atomic E-state index is 13.6. The zero-order chi connectivity index (χ0) is 24.1. The first kappa shape index (κ1) is 20.2. The van der Waals surface area contributed by atoms with Gasteiger partial charge in [-0.1, -0.05) is 6.92 Å². The van der Waals surface area contributed by atoms with Crippen molar-refractivity contribution in [1.29, 1.82) is 0 Å². The van der Waals surface area contributed by atoms with Crippen molar-refractivity contribution in [3.63, 3.8) is 0 Å². The van der Waals surface area contributed by atoms with Gasteiger partial charge in [-0.2, -0.15) is 5.10 Å². The summed E-state index contributed by atoms with van der Waals surface area (Å²) in [4.78, 5) is 30.9. The van der Waals surface area contributed by atoms with Crippen LogP contribution in [0.5, 0.6) is 11.5 Å². The SMILES string of the molecule is CC[C@@]1(O)C(=O)OCc2c1cc1n(c2=O)Cc2c-1nc1cc3c(cc1c2-c1ccn(C)n1)OCO3. The summed E-state index contributed by atoms with van der Waals surface area (Å²) in [6, 6.07) is 7.34. The predicted octanol–water partition coefficient (Wildman–Crippen LogP) is 2.21. The Bertz CT molecular complexity index is 1670.